The summed E-state index contributed by atoms with van der Waals surface area (Å²) < 4.78 is 18.2. The van der Waals surface area contributed by atoms with E-state index in [2.05, 4.69) is 41.5 Å². The van der Waals surface area contributed by atoms with E-state index < -0.39 is 8.80 Å². The lowest BCUT2D eigenvalue weighted by Crippen LogP contribution is -2.57. The van der Waals surface area contributed by atoms with Gasteiger partial charge in [-0.3, -0.25) is 0 Å². The molecule has 0 saturated heterocycles. The Bertz CT molecular complexity index is 249. The second kappa shape index (κ2) is 8.52. The second-order valence-corrected chi connectivity index (χ2v) is 10.3. The molecular weight excluding hydrogens is 268 g/mol. The molecule has 0 aliphatic rings. The molecule has 3 nitrogen and oxygen atoms in total. The molecule has 0 aromatic rings. The first-order valence-electron chi connectivity index (χ1n) is 8.00. The molecule has 0 amide bonds. The predicted octanol–water partition coefficient (Wildman–Crippen LogP) is 5.17. The summed E-state index contributed by atoms with van der Waals surface area (Å²) in [7, 11) is 0.788. The van der Waals surface area contributed by atoms with Crippen LogP contribution in [0.15, 0.2) is 0 Å². The number of unbranched alkanes of at least 4 members (excludes halogenated alkanes) is 2. The van der Waals surface area contributed by atoms with Gasteiger partial charge < -0.3 is 13.3 Å². The highest BCUT2D eigenvalue weighted by Crippen LogP contribution is 2.49. The molecule has 122 valence electrons. The lowest BCUT2D eigenvalue weighted by Gasteiger charge is -2.45. The van der Waals surface area contributed by atoms with Gasteiger partial charge in [-0.05, 0) is 33.6 Å². The molecular formula is C16H36O3Si. The molecule has 0 aliphatic heterocycles. The van der Waals surface area contributed by atoms with Gasteiger partial charge >= 0.3 is 8.80 Å². The first-order valence-corrected chi connectivity index (χ1v) is 9.73. The van der Waals surface area contributed by atoms with Gasteiger partial charge in [0.25, 0.3) is 0 Å². The van der Waals surface area contributed by atoms with Crippen LogP contribution in [-0.2, 0) is 13.3 Å². The third-order valence-corrected chi connectivity index (χ3v) is 7.82. The van der Waals surface area contributed by atoms with Crippen LogP contribution in [0, 0.1) is 0 Å². The average molecular weight is 305 g/mol. The van der Waals surface area contributed by atoms with Crippen molar-refractivity contribution in [3.05, 3.63) is 0 Å². The van der Waals surface area contributed by atoms with E-state index in [9.17, 15) is 0 Å². The van der Waals surface area contributed by atoms with Gasteiger partial charge in [-0.15, -0.1) is 0 Å². The molecule has 0 heterocycles. The Morgan fingerprint density at radius 1 is 0.800 bits per heavy atom. The van der Waals surface area contributed by atoms with Crippen LogP contribution in [0.4, 0.5) is 0 Å². The van der Waals surface area contributed by atoms with Crippen LogP contribution in [0.5, 0.6) is 0 Å². The largest absolute Gasteiger partial charge is 0.507 e. The normalized spacial score (nSPS) is 13.8. The van der Waals surface area contributed by atoms with Crippen LogP contribution in [0.3, 0.4) is 0 Å². The summed E-state index contributed by atoms with van der Waals surface area (Å²) in [6, 6.07) is 0. The van der Waals surface area contributed by atoms with Crippen LogP contribution in [0.2, 0.25) is 5.04 Å². The Morgan fingerprint density at radius 2 is 1.20 bits per heavy atom. The molecule has 0 fully saturated rings. The molecule has 0 aromatic carbocycles. The van der Waals surface area contributed by atoms with Gasteiger partial charge in [-0.1, -0.05) is 46.5 Å². The molecule has 0 radical (unpaired) electrons. The van der Waals surface area contributed by atoms with Crippen LogP contribution < -0.4 is 0 Å². The first-order chi connectivity index (χ1) is 9.20. The third kappa shape index (κ3) is 5.47. The molecule has 0 unspecified atom stereocenters. The molecule has 0 spiro atoms. The molecule has 0 bridgehead atoms. The van der Waals surface area contributed by atoms with Gasteiger partial charge in [0.2, 0.25) is 0 Å². The van der Waals surface area contributed by atoms with Crippen molar-refractivity contribution < 1.29 is 13.3 Å². The molecule has 0 N–H and O–H groups in total. The van der Waals surface area contributed by atoms with Crippen molar-refractivity contribution in [3.8, 4) is 0 Å². The SMILES string of the molecule is CCCCC(C)(CCCC)[Si](OC)(OC)OC(C)(C)C. The standard InChI is InChI=1S/C16H36O3Si/c1-9-11-13-16(6,14-12-10-2)20(17-7,18-8)19-15(3,4)5/h9-14H2,1-8H3. The maximum absolute atomic E-state index is 6.38. The predicted molar refractivity (Wildman–Crippen MR) is 88.0 cm³/mol. The summed E-state index contributed by atoms with van der Waals surface area (Å²) in [5.41, 5.74) is -0.252. The summed E-state index contributed by atoms with van der Waals surface area (Å²) in [4.78, 5) is 0. The van der Waals surface area contributed by atoms with Crippen LogP contribution in [-0.4, -0.2) is 28.6 Å². The highest BCUT2D eigenvalue weighted by molar-refractivity contribution is 6.64. The summed E-state index contributed by atoms with van der Waals surface area (Å²) in [5.74, 6) is 0. The molecule has 20 heavy (non-hydrogen) atoms. The Kier molecular flexibility index (Phi) is 8.56. The Morgan fingerprint density at radius 3 is 1.45 bits per heavy atom. The van der Waals surface area contributed by atoms with E-state index in [4.69, 9.17) is 13.3 Å². The van der Waals surface area contributed by atoms with Gasteiger partial charge in [-0.2, -0.15) is 0 Å². The monoisotopic (exact) mass is 304 g/mol. The zero-order valence-electron chi connectivity index (χ0n) is 15.0. The van der Waals surface area contributed by atoms with Gasteiger partial charge in [0, 0.05) is 19.3 Å². The average Bonchev–Trinajstić information content (AvgIpc) is 2.39. The molecule has 0 atom stereocenters. The van der Waals surface area contributed by atoms with E-state index in [1.54, 1.807) is 14.2 Å². The van der Waals surface area contributed by atoms with Gasteiger partial charge in [0.05, 0.1) is 5.60 Å². The zero-order chi connectivity index (χ0) is 15.9. The van der Waals surface area contributed by atoms with Crippen molar-refractivity contribution in [2.75, 3.05) is 14.2 Å². The number of rotatable bonds is 10. The van der Waals surface area contributed by atoms with Gasteiger partial charge in [-0.25, -0.2) is 0 Å². The zero-order valence-corrected chi connectivity index (χ0v) is 16.0. The van der Waals surface area contributed by atoms with Crippen molar-refractivity contribution in [1.29, 1.82) is 0 Å². The quantitative estimate of drug-likeness (QED) is 0.521. The fourth-order valence-electron chi connectivity index (χ4n) is 2.75. The molecule has 0 aromatic heterocycles. The highest BCUT2D eigenvalue weighted by atomic mass is 28.4. The van der Waals surface area contributed by atoms with E-state index in [1.807, 2.05) is 0 Å². The smallest absolute Gasteiger partial charge is 0.376 e. The topological polar surface area (TPSA) is 27.7 Å². The van der Waals surface area contributed by atoms with Crippen LogP contribution in [0.25, 0.3) is 0 Å². The van der Waals surface area contributed by atoms with E-state index in [0.717, 1.165) is 12.8 Å². The van der Waals surface area contributed by atoms with Crippen molar-refractivity contribution in [1.82, 2.24) is 0 Å². The Balaban J connectivity index is 5.37. The van der Waals surface area contributed by atoms with Crippen molar-refractivity contribution in [2.24, 2.45) is 0 Å². The van der Waals surface area contributed by atoms with Crippen molar-refractivity contribution >= 4 is 8.80 Å². The Hall–Kier alpha value is 0.0969. The van der Waals surface area contributed by atoms with E-state index >= 15 is 0 Å². The minimum Gasteiger partial charge on any atom is -0.376 e. The maximum atomic E-state index is 6.38. The molecule has 0 aliphatic carbocycles. The van der Waals surface area contributed by atoms with Gasteiger partial charge in [0.1, 0.15) is 0 Å². The Labute approximate surface area is 127 Å². The lowest BCUT2D eigenvalue weighted by molar-refractivity contribution is -0.00507. The van der Waals surface area contributed by atoms with E-state index in [1.165, 1.54) is 25.7 Å². The summed E-state index contributed by atoms with van der Waals surface area (Å²) >= 11 is 0. The van der Waals surface area contributed by atoms with Crippen LogP contribution >= 0.6 is 0 Å². The van der Waals surface area contributed by atoms with Crippen LogP contribution in [0.1, 0.15) is 80.1 Å². The lowest BCUT2D eigenvalue weighted by atomic mass is 9.97. The summed E-state index contributed by atoms with van der Waals surface area (Å²) in [6.07, 6.45) is 6.97. The van der Waals surface area contributed by atoms with E-state index in [0.29, 0.717) is 0 Å². The minimum atomic E-state index is -2.71. The van der Waals surface area contributed by atoms with Crippen molar-refractivity contribution in [2.45, 2.75) is 90.7 Å². The fraction of sp³-hybridized carbons (Fsp3) is 1.00. The molecule has 4 heteroatoms. The minimum absolute atomic E-state index is 0.00417. The molecule has 0 rings (SSSR count). The first kappa shape index (κ1) is 20.1. The van der Waals surface area contributed by atoms with E-state index in [-0.39, 0.29) is 10.6 Å². The maximum Gasteiger partial charge on any atom is 0.507 e. The number of hydrogen-bond donors (Lipinski definition) is 0. The highest BCUT2D eigenvalue weighted by Gasteiger charge is 2.57. The molecule has 0 saturated carbocycles. The van der Waals surface area contributed by atoms with Crippen molar-refractivity contribution in [3.63, 3.8) is 0 Å². The second-order valence-electron chi connectivity index (χ2n) is 6.95. The third-order valence-electron chi connectivity index (χ3n) is 3.88. The fourth-order valence-corrected chi connectivity index (χ4v) is 6.09. The number of hydrogen-bond acceptors (Lipinski definition) is 3. The summed E-state index contributed by atoms with van der Waals surface area (Å²) in [6.45, 7) is 13.0. The van der Waals surface area contributed by atoms with Gasteiger partial charge in [0.15, 0.2) is 0 Å². The summed E-state index contributed by atoms with van der Waals surface area (Å²) in [5, 5.41) is -0.00417.